The number of hydrogen-bond donors (Lipinski definition) is 2. The smallest absolute Gasteiger partial charge is 0.231 e. The number of carbonyl (C=O) groups is 1. The Hall–Kier alpha value is -1.10. The predicted molar refractivity (Wildman–Crippen MR) is 67.7 cm³/mol. The molecule has 0 atom stereocenters. The summed E-state index contributed by atoms with van der Waals surface area (Å²) in [4.78, 5) is 11.6. The SMILES string of the molecule is NC(=O)CNCc1sc2ccccc2c1Cl. The van der Waals surface area contributed by atoms with Crippen molar-refractivity contribution in [3.8, 4) is 0 Å². The zero-order chi connectivity index (χ0) is 11.5. The number of thiophene rings is 1. The molecule has 0 fully saturated rings. The number of nitrogens with one attached hydrogen (secondary N) is 1. The van der Waals surface area contributed by atoms with Crippen molar-refractivity contribution in [2.45, 2.75) is 6.54 Å². The summed E-state index contributed by atoms with van der Waals surface area (Å²) >= 11 is 7.86. The van der Waals surface area contributed by atoms with E-state index in [1.54, 1.807) is 11.3 Å². The Balaban J connectivity index is 2.18. The largest absolute Gasteiger partial charge is 0.369 e. The predicted octanol–water partition coefficient (Wildman–Crippen LogP) is 2.13. The fraction of sp³-hybridized carbons (Fsp3) is 0.182. The van der Waals surface area contributed by atoms with Crippen LogP contribution in [0.1, 0.15) is 4.88 Å². The third-order valence-corrected chi connectivity index (χ3v) is 3.90. The maximum absolute atomic E-state index is 10.6. The molecule has 16 heavy (non-hydrogen) atoms. The van der Waals surface area contributed by atoms with Crippen molar-refractivity contribution in [2.24, 2.45) is 5.73 Å². The quantitative estimate of drug-likeness (QED) is 0.878. The highest BCUT2D eigenvalue weighted by atomic mass is 35.5. The molecule has 3 N–H and O–H groups in total. The lowest BCUT2D eigenvalue weighted by molar-refractivity contribution is -0.117. The molecule has 0 spiro atoms. The summed E-state index contributed by atoms with van der Waals surface area (Å²) < 4.78 is 1.16. The molecule has 0 saturated carbocycles. The van der Waals surface area contributed by atoms with E-state index in [0.717, 1.165) is 20.0 Å². The van der Waals surface area contributed by atoms with Crippen molar-refractivity contribution >= 4 is 38.9 Å². The number of carbonyl (C=O) groups excluding carboxylic acids is 1. The standard InChI is InChI=1S/C11H11ClN2OS/c12-11-7-3-1-2-4-8(7)16-9(11)5-14-6-10(13)15/h1-4,14H,5-6H2,(H2,13,15). The van der Waals surface area contributed by atoms with Gasteiger partial charge in [0.2, 0.25) is 5.91 Å². The van der Waals surface area contributed by atoms with Gasteiger partial charge in [-0.1, -0.05) is 29.8 Å². The number of fused-ring (bicyclic) bond motifs is 1. The van der Waals surface area contributed by atoms with Crippen LogP contribution in [0.25, 0.3) is 10.1 Å². The molecule has 0 aliphatic heterocycles. The first kappa shape index (κ1) is 11.4. The lowest BCUT2D eigenvalue weighted by Crippen LogP contribution is -2.27. The van der Waals surface area contributed by atoms with Gasteiger partial charge in [0.05, 0.1) is 11.6 Å². The number of nitrogens with two attached hydrogens (primary N) is 1. The fourth-order valence-corrected chi connectivity index (χ4v) is 2.95. The molecule has 1 heterocycles. The van der Waals surface area contributed by atoms with Crippen LogP contribution < -0.4 is 11.1 Å². The van der Waals surface area contributed by atoms with Gasteiger partial charge in [0.15, 0.2) is 0 Å². The summed E-state index contributed by atoms with van der Waals surface area (Å²) in [7, 11) is 0. The van der Waals surface area contributed by atoms with Crippen molar-refractivity contribution in [3.63, 3.8) is 0 Å². The van der Waals surface area contributed by atoms with Crippen LogP contribution in [0.3, 0.4) is 0 Å². The Labute approximate surface area is 102 Å². The Morgan fingerprint density at radius 2 is 2.19 bits per heavy atom. The summed E-state index contributed by atoms with van der Waals surface area (Å²) in [6.07, 6.45) is 0. The van der Waals surface area contributed by atoms with Gasteiger partial charge in [-0.3, -0.25) is 4.79 Å². The highest BCUT2D eigenvalue weighted by Crippen LogP contribution is 2.34. The lowest BCUT2D eigenvalue weighted by atomic mass is 10.2. The zero-order valence-corrected chi connectivity index (χ0v) is 10.1. The van der Waals surface area contributed by atoms with E-state index in [1.807, 2.05) is 24.3 Å². The Morgan fingerprint density at radius 3 is 2.88 bits per heavy atom. The summed E-state index contributed by atoms with van der Waals surface area (Å²) in [5.74, 6) is -0.364. The topological polar surface area (TPSA) is 55.1 Å². The van der Waals surface area contributed by atoms with Gasteiger partial charge in [0.25, 0.3) is 0 Å². The molecule has 1 amide bonds. The normalized spacial score (nSPS) is 10.8. The Bertz CT molecular complexity index is 524. The average Bonchev–Trinajstić information content (AvgIpc) is 2.56. The molecule has 2 aromatic rings. The van der Waals surface area contributed by atoms with Crippen LogP contribution in [0.4, 0.5) is 0 Å². The third kappa shape index (κ3) is 2.35. The van der Waals surface area contributed by atoms with Crippen molar-refractivity contribution in [3.05, 3.63) is 34.2 Å². The van der Waals surface area contributed by atoms with Crippen molar-refractivity contribution in [2.75, 3.05) is 6.54 Å². The molecule has 1 aromatic heterocycles. The minimum atomic E-state index is -0.364. The molecule has 5 heteroatoms. The van der Waals surface area contributed by atoms with E-state index in [1.165, 1.54) is 0 Å². The molecule has 2 rings (SSSR count). The number of benzene rings is 1. The van der Waals surface area contributed by atoms with Crippen LogP contribution in [0.5, 0.6) is 0 Å². The molecular formula is C11H11ClN2OS. The highest BCUT2D eigenvalue weighted by molar-refractivity contribution is 7.19. The summed E-state index contributed by atoms with van der Waals surface area (Å²) in [5, 5.41) is 4.78. The second-order valence-corrected chi connectivity index (χ2v) is 4.92. The van der Waals surface area contributed by atoms with Gasteiger partial charge in [-0.25, -0.2) is 0 Å². The van der Waals surface area contributed by atoms with E-state index in [2.05, 4.69) is 5.32 Å². The van der Waals surface area contributed by atoms with Gasteiger partial charge < -0.3 is 11.1 Å². The molecule has 0 saturated heterocycles. The minimum absolute atomic E-state index is 0.171. The molecule has 0 bridgehead atoms. The number of hydrogen-bond acceptors (Lipinski definition) is 3. The number of rotatable bonds is 4. The van der Waals surface area contributed by atoms with Crippen molar-refractivity contribution in [1.29, 1.82) is 0 Å². The first-order chi connectivity index (χ1) is 7.68. The first-order valence-corrected chi connectivity index (χ1v) is 6.03. The molecule has 0 radical (unpaired) electrons. The van der Waals surface area contributed by atoms with Gasteiger partial charge in [-0.15, -0.1) is 11.3 Å². The molecule has 0 aliphatic rings. The third-order valence-electron chi connectivity index (χ3n) is 2.19. The molecule has 1 aromatic carbocycles. The van der Waals surface area contributed by atoms with Crippen molar-refractivity contribution < 1.29 is 4.79 Å². The lowest BCUT2D eigenvalue weighted by Gasteiger charge is -1.99. The molecular weight excluding hydrogens is 244 g/mol. The van der Waals surface area contributed by atoms with Crippen LogP contribution in [0.15, 0.2) is 24.3 Å². The van der Waals surface area contributed by atoms with Crippen LogP contribution in [0.2, 0.25) is 5.02 Å². The van der Waals surface area contributed by atoms with Crippen molar-refractivity contribution in [1.82, 2.24) is 5.32 Å². The second kappa shape index (κ2) is 4.82. The van der Waals surface area contributed by atoms with E-state index < -0.39 is 0 Å². The van der Waals surface area contributed by atoms with Gasteiger partial charge in [0, 0.05) is 21.5 Å². The van der Waals surface area contributed by atoms with E-state index >= 15 is 0 Å². The summed E-state index contributed by atoms with van der Waals surface area (Å²) in [6.45, 7) is 0.742. The van der Waals surface area contributed by atoms with Crippen LogP contribution in [0, 0.1) is 0 Å². The molecule has 84 valence electrons. The van der Waals surface area contributed by atoms with Gasteiger partial charge >= 0.3 is 0 Å². The van der Waals surface area contributed by atoms with Gasteiger partial charge in [0.1, 0.15) is 0 Å². The van der Waals surface area contributed by atoms with Crippen LogP contribution in [-0.2, 0) is 11.3 Å². The average molecular weight is 255 g/mol. The molecule has 0 unspecified atom stereocenters. The molecule has 3 nitrogen and oxygen atoms in total. The van der Waals surface area contributed by atoms with Crippen LogP contribution in [-0.4, -0.2) is 12.5 Å². The Kier molecular flexibility index (Phi) is 3.43. The Morgan fingerprint density at radius 1 is 1.44 bits per heavy atom. The summed E-state index contributed by atoms with van der Waals surface area (Å²) in [6, 6.07) is 7.96. The number of amides is 1. The fourth-order valence-electron chi connectivity index (χ4n) is 1.48. The minimum Gasteiger partial charge on any atom is -0.369 e. The highest BCUT2D eigenvalue weighted by Gasteiger charge is 2.09. The second-order valence-electron chi connectivity index (χ2n) is 3.41. The van der Waals surface area contributed by atoms with E-state index in [9.17, 15) is 4.79 Å². The maximum atomic E-state index is 10.6. The van der Waals surface area contributed by atoms with Gasteiger partial charge in [-0.2, -0.15) is 0 Å². The monoisotopic (exact) mass is 254 g/mol. The summed E-state index contributed by atoms with van der Waals surface area (Å²) in [5.41, 5.74) is 5.04. The zero-order valence-electron chi connectivity index (χ0n) is 8.50. The van der Waals surface area contributed by atoms with Crippen LogP contribution >= 0.6 is 22.9 Å². The van der Waals surface area contributed by atoms with E-state index in [-0.39, 0.29) is 12.5 Å². The van der Waals surface area contributed by atoms with Gasteiger partial charge in [-0.05, 0) is 6.07 Å². The van der Waals surface area contributed by atoms with E-state index in [0.29, 0.717) is 6.54 Å². The number of primary amides is 1. The molecule has 0 aliphatic carbocycles. The number of halogens is 1. The van der Waals surface area contributed by atoms with E-state index in [4.69, 9.17) is 17.3 Å². The maximum Gasteiger partial charge on any atom is 0.231 e. The first-order valence-electron chi connectivity index (χ1n) is 4.83.